The van der Waals surface area contributed by atoms with Gasteiger partial charge < -0.3 is 5.32 Å². The molecule has 156 valence electrons. The van der Waals surface area contributed by atoms with Crippen LogP contribution in [0, 0.1) is 11.7 Å². The molecule has 1 heterocycles. The first-order chi connectivity index (χ1) is 13.8. The predicted molar refractivity (Wildman–Crippen MR) is 116 cm³/mol. The van der Waals surface area contributed by atoms with Crippen LogP contribution in [-0.4, -0.2) is 37.5 Å². The Hall–Kier alpha value is -1.77. The van der Waals surface area contributed by atoms with E-state index in [1.807, 2.05) is 30.3 Å². The lowest BCUT2D eigenvalue weighted by Crippen LogP contribution is -2.42. The SMILES string of the molecule is O=C(Nc1ccc(Br)cc1F)C1CCN(S(=O)(=O)CCCc2ccccc2)CC1. The summed E-state index contributed by atoms with van der Waals surface area (Å²) in [5.74, 6) is -1.00. The molecule has 0 radical (unpaired) electrons. The number of nitrogens with zero attached hydrogens (tertiary/aromatic N) is 1. The fraction of sp³-hybridized carbons (Fsp3) is 0.381. The lowest BCUT2D eigenvalue weighted by Gasteiger charge is -2.30. The topological polar surface area (TPSA) is 66.5 Å². The van der Waals surface area contributed by atoms with Gasteiger partial charge >= 0.3 is 0 Å². The molecule has 0 bridgehead atoms. The van der Waals surface area contributed by atoms with Gasteiger partial charge in [0, 0.05) is 23.5 Å². The highest BCUT2D eigenvalue weighted by atomic mass is 79.9. The molecule has 8 heteroatoms. The molecule has 0 spiro atoms. The van der Waals surface area contributed by atoms with Crippen LogP contribution >= 0.6 is 15.9 Å². The number of benzene rings is 2. The molecule has 1 N–H and O–H groups in total. The second kappa shape index (κ2) is 9.82. The second-order valence-electron chi connectivity index (χ2n) is 7.19. The number of hydrogen-bond donors (Lipinski definition) is 1. The quantitative estimate of drug-likeness (QED) is 0.642. The van der Waals surface area contributed by atoms with Crippen LogP contribution in [0.25, 0.3) is 0 Å². The van der Waals surface area contributed by atoms with Crippen LogP contribution in [0.5, 0.6) is 0 Å². The van der Waals surface area contributed by atoms with Gasteiger partial charge in [-0.1, -0.05) is 46.3 Å². The van der Waals surface area contributed by atoms with Crippen LogP contribution in [0.1, 0.15) is 24.8 Å². The van der Waals surface area contributed by atoms with E-state index in [2.05, 4.69) is 21.2 Å². The fourth-order valence-electron chi connectivity index (χ4n) is 3.45. The molecule has 1 aliphatic rings. The molecule has 0 aliphatic carbocycles. The highest BCUT2D eigenvalue weighted by Gasteiger charge is 2.31. The Kier molecular flexibility index (Phi) is 7.43. The highest BCUT2D eigenvalue weighted by molar-refractivity contribution is 9.10. The number of halogens is 2. The Balaban J connectivity index is 1.48. The summed E-state index contributed by atoms with van der Waals surface area (Å²) in [6.07, 6.45) is 2.15. The molecular formula is C21H24BrFN2O3S. The number of amides is 1. The standard InChI is InChI=1S/C21H24BrFN2O3S/c22-18-8-9-20(19(23)15-18)24-21(26)17-10-12-25(13-11-17)29(27,28)14-4-7-16-5-2-1-3-6-16/h1-3,5-6,8-9,15,17H,4,7,10-14H2,(H,24,26). The number of aryl methyl sites for hydroxylation is 1. The molecule has 29 heavy (non-hydrogen) atoms. The molecule has 1 aliphatic heterocycles. The third kappa shape index (κ3) is 6.10. The van der Waals surface area contributed by atoms with Crippen LogP contribution in [0.2, 0.25) is 0 Å². The fourth-order valence-corrected chi connectivity index (χ4v) is 5.32. The first kappa shape index (κ1) is 21.9. The molecule has 0 aromatic heterocycles. The van der Waals surface area contributed by atoms with Gasteiger partial charge in [-0.25, -0.2) is 17.1 Å². The van der Waals surface area contributed by atoms with Gasteiger partial charge in [0.05, 0.1) is 11.4 Å². The van der Waals surface area contributed by atoms with Gasteiger partial charge in [0.2, 0.25) is 15.9 Å². The Morgan fingerprint density at radius 2 is 1.83 bits per heavy atom. The lowest BCUT2D eigenvalue weighted by atomic mass is 9.97. The van der Waals surface area contributed by atoms with Crippen molar-refractivity contribution in [3.8, 4) is 0 Å². The van der Waals surface area contributed by atoms with Crippen molar-refractivity contribution in [3.63, 3.8) is 0 Å². The average Bonchev–Trinajstić information content (AvgIpc) is 2.71. The van der Waals surface area contributed by atoms with Crippen LogP contribution in [0.4, 0.5) is 10.1 Å². The Morgan fingerprint density at radius 3 is 2.48 bits per heavy atom. The van der Waals surface area contributed by atoms with E-state index >= 15 is 0 Å². The molecule has 0 saturated carbocycles. The van der Waals surface area contributed by atoms with E-state index in [1.165, 1.54) is 16.4 Å². The third-order valence-corrected chi connectivity index (χ3v) is 7.57. The van der Waals surface area contributed by atoms with E-state index in [9.17, 15) is 17.6 Å². The van der Waals surface area contributed by atoms with Crippen LogP contribution in [0.3, 0.4) is 0 Å². The summed E-state index contributed by atoms with van der Waals surface area (Å²) in [6, 6.07) is 14.3. The Morgan fingerprint density at radius 1 is 1.14 bits per heavy atom. The van der Waals surface area contributed by atoms with E-state index in [0.717, 1.165) is 12.0 Å². The molecule has 2 aromatic rings. The predicted octanol–water partition coefficient (Wildman–Crippen LogP) is 4.20. The number of sulfonamides is 1. The minimum atomic E-state index is -3.34. The molecule has 1 fully saturated rings. The molecule has 0 unspecified atom stereocenters. The van der Waals surface area contributed by atoms with Gasteiger partial charge in [-0.05, 0) is 49.4 Å². The lowest BCUT2D eigenvalue weighted by molar-refractivity contribution is -0.120. The van der Waals surface area contributed by atoms with E-state index < -0.39 is 15.8 Å². The maximum absolute atomic E-state index is 13.9. The average molecular weight is 483 g/mol. The van der Waals surface area contributed by atoms with Crippen molar-refractivity contribution < 1.29 is 17.6 Å². The molecule has 2 aromatic carbocycles. The smallest absolute Gasteiger partial charge is 0.227 e. The normalized spacial score (nSPS) is 15.9. The summed E-state index contributed by atoms with van der Waals surface area (Å²) in [4.78, 5) is 12.4. The van der Waals surface area contributed by atoms with Crippen LogP contribution in [-0.2, 0) is 21.2 Å². The maximum atomic E-state index is 13.9. The van der Waals surface area contributed by atoms with Crippen molar-refractivity contribution in [2.75, 3.05) is 24.2 Å². The molecule has 1 saturated heterocycles. The van der Waals surface area contributed by atoms with Gasteiger partial charge in [0.25, 0.3) is 0 Å². The third-order valence-electron chi connectivity index (χ3n) is 5.12. The van der Waals surface area contributed by atoms with Crippen molar-refractivity contribution in [3.05, 3.63) is 64.4 Å². The minimum absolute atomic E-state index is 0.100. The van der Waals surface area contributed by atoms with Crippen molar-refractivity contribution in [2.24, 2.45) is 5.92 Å². The highest BCUT2D eigenvalue weighted by Crippen LogP contribution is 2.24. The van der Waals surface area contributed by atoms with Gasteiger partial charge in [0.1, 0.15) is 5.82 Å². The van der Waals surface area contributed by atoms with Gasteiger partial charge in [-0.15, -0.1) is 0 Å². The van der Waals surface area contributed by atoms with E-state index in [4.69, 9.17) is 0 Å². The summed E-state index contributed by atoms with van der Waals surface area (Å²) in [5.41, 5.74) is 1.26. The summed E-state index contributed by atoms with van der Waals surface area (Å²) < 4.78 is 41.2. The van der Waals surface area contributed by atoms with Crippen molar-refractivity contribution in [2.45, 2.75) is 25.7 Å². The van der Waals surface area contributed by atoms with Gasteiger partial charge in [-0.3, -0.25) is 4.79 Å². The number of anilines is 1. The number of piperidine rings is 1. The van der Waals surface area contributed by atoms with E-state index in [1.54, 1.807) is 6.07 Å². The van der Waals surface area contributed by atoms with Crippen LogP contribution in [0.15, 0.2) is 53.0 Å². The zero-order valence-electron chi connectivity index (χ0n) is 16.0. The molecule has 0 atom stereocenters. The molecule has 5 nitrogen and oxygen atoms in total. The minimum Gasteiger partial charge on any atom is -0.323 e. The number of hydrogen-bond acceptors (Lipinski definition) is 3. The first-order valence-electron chi connectivity index (χ1n) is 9.63. The second-order valence-corrected chi connectivity index (χ2v) is 10.2. The molecular weight excluding hydrogens is 459 g/mol. The van der Waals surface area contributed by atoms with Crippen LogP contribution < -0.4 is 5.32 Å². The van der Waals surface area contributed by atoms with Gasteiger partial charge in [-0.2, -0.15) is 0 Å². The first-order valence-corrected chi connectivity index (χ1v) is 12.0. The monoisotopic (exact) mass is 482 g/mol. The zero-order chi connectivity index (χ0) is 20.9. The molecule has 1 amide bonds. The summed E-state index contributed by atoms with van der Waals surface area (Å²) in [5, 5.41) is 2.61. The largest absolute Gasteiger partial charge is 0.323 e. The van der Waals surface area contributed by atoms with Gasteiger partial charge in [0.15, 0.2) is 0 Å². The van der Waals surface area contributed by atoms with Crippen molar-refractivity contribution >= 4 is 37.5 Å². The summed E-state index contributed by atoms with van der Waals surface area (Å²) in [7, 11) is -3.34. The van der Waals surface area contributed by atoms with E-state index in [0.29, 0.717) is 36.8 Å². The zero-order valence-corrected chi connectivity index (χ0v) is 18.4. The van der Waals surface area contributed by atoms with Crippen molar-refractivity contribution in [1.82, 2.24) is 4.31 Å². The van der Waals surface area contributed by atoms with Crippen molar-refractivity contribution in [1.29, 1.82) is 0 Å². The Labute approximate surface area is 179 Å². The maximum Gasteiger partial charge on any atom is 0.227 e. The molecule has 3 rings (SSSR count). The Bertz CT molecular complexity index is 946. The van der Waals surface area contributed by atoms with E-state index in [-0.39, 0.29) is 23.3 Å². The number of nitrogens with one attached hydrogen (secondary N) is 1. The number of carbonyl (C=O) groups excluding carboxylic acids is 1. The summed E-state index contributed by atoms with van der Waals surface area (Å²) >= 11 is 3.18. The summed E-state index contributed by atoms with van der Waals surface area (Å²) in [6.45, 7) is 0.628. The number of carbonyl (C=O) groups is 1. The number of rotatable bonds is 7.